The second-order valence-corrected chi connectivity index (χ2v) is 3.43. The van der Waals surface area contributed by atoms with Crippen molar-refractivity contribution in [1.29, 1.82) is 5.26 Å². The first kappa shape index (κ1) is 10.3. The molecule has 2 rings (SSSR count). The third-order valence-electron chi connectivity index (χ3n) is 2.53. The Balaban J connectivity index is 2.47. The first-order chi connectivity index (χ1) is 7.70. The van der Waals surface area contributed by atoms with Crippen molar-refractivity contribution in [2.75, 3.05) is 0 Å². The maximum atomic E-state index is 11.9. The number of carbonyl (C=O) groups excluding carboxylic acids is 2. The minimum Gasteiger partial charge on any atom is -0.268 e. The van der Waals surface area contributed by atoms with Crippen molar-refractivity contribution in [1.82, 2.24) is 9.88 Å². The average molecular weight is 215 g/mol. The zero-order valence-electron chi connectivity index (χ0n) is 8.67. The molecule has 0 fully saturated rings. The zero-order valence-corrected chi connectivity index (χ0v) is 8.67. The Morgan fingerprint density at radius 3 is 2.81 bits per heavy atom. The Kier molecular flexibility index (Phi) is 2.41. The van der Waals surface area contributed by atoms with Crippen LogP contribution in [-0.2, 0) is 0 Å². The van der Waals surface area contributed by atoms with Gasteiger partial charge in [0.2, 0.25) is 0 Å². The first-order valence-electron chi connectivity index (χ1n) is 4.93. The molecule has 80 valence electrons. The Hall–Kier alpha value is -2.22. The number of hydrogen-bond donors (Lipinski definition) is 0. The van der Waals surface area contributed by atoms with E-state index in [4.69, 9.17) is 5.26 Å². The summed E-state index contributed by atoms with van der Waals surface area (Å²) >= 11 is 0. The minimum absolute atomic E-state index is 0.140. The molecule has 5 heteroatoms. The van der Waals surface area contributed by atoms with Gasteiger partial charge in [-0.1, -0.05) is 6.92 Å². The van der Waals surface area contributed by atoms with Crippen LogP contribution in [0, 0.1) is 11.3 Å². The van der Waals surface area contributed by atoms with Gasteiger partial charge in [-0.25, -0.2) is 0 Å². The summed E-state index contributed by atoms with van der Waals surface area (Å²) in [5.74, 6) is -0.907. The van der Waals surface area contributed by atoms with Crippen LogP contribution in [0.5, 0.6) is 0 Å². The molecule has 0 radical (unpaired) electrons. The van der Waals surface area contributed by atoms with Gasteiger partial charge in [-0.3, -0.25) is 19.5 Å². The second-order valence-electron chi connectivity index (χ2n) is 3.43. The van der Waals surface area contributed by atoms with Gasteiger partial charge < -0.3 is 0 Å². The molecular formula is C11H9N3O2. The molecular weight excluding hydrogens is 206 g/mol. The lowest BCUT2D eigenvalue weighted by Crippen LogP contribution is -2.38. The highest BCUT2D eigenvalue weighted by molar-refractivity contribution is 6.20. The molecule has 0 bridgehead atoms. The van der Waals surface area contributed by atoms with Gasteiger partial charge in [0.25, 0.3) is 11.8 Å². The molecule has 0 saturated carbocycles. The van der Waals surface area contributed by atoms with Crippen molar-refractivity contribution in [3.63, 3.8) is 0 Å². The van der Waals surface area contributed by atoms with Crippen LogP contribution in [0.3, 0.4) is 0 Å². The summed E-state index contributed by atoms with van der Waals surface area (Å²) in [7, 11) is 0. The van der Waals surface area contributed by atoms with E-state index in [0.29, 0.717) is 6.42 Å². The Labute approximate surface area is 92.3 Å². The number of hydrogen-bond acceptors (Lipinski definition) is 4. The summed E-state index contributed by atoms with van der Waals surface area (Å²) in [6.07, 6.45) is 1.88. The van der Waals surface area contributed by atoms with Gasteiger partial charge in [0.05, 0.1) is 11.6 Å². The summed E-state index contributed by atoms with van der Waals surface area (Å²) in [6, 6.07) is 4.38. The molecule has 0 aliphatic carbocycles. The fourth-order valence-corrected chi connectivity index (χ4v) is 1.70. The monoisotopic (exact) mass is 215 g/mol. The van der Waals surface area contributed by atoms with Crippen LogP contribution in [0.1, 0.15) is 34.2 Å². The van der Waals surface area contributed by atoms with E-state index in [0.717, 1.165) is 4.90 Å². The molecule has 0 spiro atoms. The molecule has 2 heterocycles. The van der Waals surface area contributed by atoms with E-state index >= 15 is 0 Å². The van der Waals surface area contributed by atoms with Crippen LogP contribution in [0.2, 0.25) is 0 Å². The molecule has 16 heavy (non-hydrogen) atoms. The number of amides is 2. The van der Waals surface area contributed by atoms with Gasteiger partial charge in [0.1, 0.15) is 11.7 Å². The van der Waals surface area contributed by atoms with Gasteiger partial charge in [0.15, 0.2) is 0 Å². The molecule has 0 N–H and O–H groups in total. The number of pyridine rings is 1. The van der Waals surface area contributed by atoms with Crippen molar-refractivity contribution in [3.8, 4) is 6.07 Å². The quantitative estimate of drug-likeness (QED) is 0.689. The van der Waals surface area contributed by atoms with Gasteiger partial charge in [-0.05, 0) is 18.6 Å². The molecule has 1 aliphatic heterocycles. The van der Waals surface area contributed by atoms with E-state index in [-0.39, 0.29) is 11.3 Å². The molecule has 2 amide bonds. The molecule has 1 aromatic heterocycles. The average Bonchev–Trinajstić information content (AvgIpc) is 2.57. The van der Waals surface area contributed by atoms with E-state index in [1.54, 1.807) is 19.1 Å². The van der Waals surface area contributed by atoms with Crippen molar-refractivity contribution in [3.05, 3.63) is 29.6 Å². The Morgan fingerprint density at radius 2 is 2.25 bits per heavy atom. The van der Waals surface area contributed by atoms with Crippen LogP contribution in [0.4, 0.5) is 0 Å². The first-order valence-corrected chi connectivity index (χ1v) is 4.93. The van der Waals surface area contributed by atoms with Crippen LogP contribution < -0.4 is 0 Å². The summed E-state index contributed by atoms with van der Waals surface area (Å²) in [5.41, 5.74) is 0.419. The molecule has 5 nitrogen and oxygen atoms in total. The van der Waals surface area contributed by atoms with Crippen LogP contribution >= 0.6 is 0 Å². The topological polar surface area (TPSA) is 74.1 Å². The highest BCUT2D eigenvalue weighted by atomic mass is 16.2. The van der Waals surface area contributed by atoms with Gasteiger partial charge in [-0.2, -0.15) is 5.26 Å². The second kappa shape index (κ2) is 3.74. The summed E-state index contributed by atoms with van der Waals surface area (Å²) in [6.45, 7) is 1.75. The van der Waals surface area contributed by atoms with Gasteiger partial charge in [0, 0.05) is 6.20 Å². The summed E-state index contributed by atoms with van der Waals surface area (Å²) < 4.78 is 0. The van der Waals surface area contributed by atoms with Crippen LogP contribution in [0.25, 0.3) is 0 Å². The van der Waals surface area contributed by atoms with Crippen molar-refractivity contribution in [2.45, 2.75) is 19.4 Å². The lowest BCUT2D eigenvalue weighted by Gasteiger charge is -2.17. The third kappa shape index (κ3) is 1.27. The summed E-state index contributed by atoms with van der Waals surface area (Å²) in [5, 5.41) is 8.88. The van der Waals surface area contributed by atoms with E-state index < -0.39 is 17.9 Å². The minimum atomic E-state index is -0.714. The van der Waals surface area contributed by atoms with E-state index in [2.05, 4.69) is 4.98 Å². The molecule has 0 saturated heterocycles. The highest BCUT2D eigenvalue weighted by Crippen LogP contribution is 2.23. The molecule has 1 aliphatic rings. The fourth-order valence-electron chi connectivity index (χ4n) is 1.70. The highest BCUT2D eigenvalue weighted by Gasteiger charge is 2.40. The largest absolute Gasteiger partial charge is 0.281 e. The van der Waals surface area contributed by atoms with E-state index in [9.17, 15) is 9.59 Å². The Morgan fingerprint density at radius 1 is 1.50 bits per heavy atom. The number of imide groups is 1. The van der Waals surface area contributed by atoms with Crippen molar-refractivity contribution < 1.29 is 9.59 Å². The van der Waals surface area contributed by atoms with Crippen molar-refractivity contribution in [2.24, 2.45) is 0 Å². The summed E-state index contributed by atoms with van der Waals surface area (Å²) in [4.78, 5) is 28.6. The molecule has 1 atom stereocenters. The third-order valence-corrected chi connectivity index (χ3v) is 2.53. The van der Waals surface area contributed by atoms with Crippen LogP contribution in [0.15, 0.2) is 18.3 Å². The smallest absolute Gasteiger partial charge is 0.268 e. The maximum Gasteiger partial charge on any atom is 0.281 e. The maximum absolute atomic E-state index is 11.9. The van der Waals surface area contributed by atoms with Gasteiger partial charge in [-0.15, -0.1) is 0 Å². The molecule has 0 aromatic carbocycles. The van der Waals surface area contributed by atoms with Crippen LogP contribution in [-0.4, -0.2) is 27.7 Å². The zero-order chi connectivity index (χ0) is 11.7. The standard InChI is InChI=1S/C11H9N3O2/c1-2-7(6-12)14-10(15)8-4-3-5-13-9(8)11(14)16/h3-5,7H,2H2,1H3. The molecule has 1 aromatic rings. The number of nitriles is 1. The number of aromatic nitrogens is 1. The van der Waals surface area contributed by atoms with Gasteiger partial charge >= 0.3 is 0 Å². The van der Waals surface area contributed by atoms with E-state index in [1.165, 1.54) is 6.20 Å². The Bertz CT molecular complexity index is 469. The fraction of sp³-hybridized carbons (Fsp3) is 0.273. The predicted octanol–water partition coefficient (Wildman–Crippen LogP) is 0.980. The SMILES string of the molecule is CCC(C#N)N1C(=O)c2cccnc2C1=O. The number of carbonyl (C=O) groups is 2. The lowest BCUT2D eigenvalue weighted by atomic mass is 10.2. The van der Waals surface area contributed by atoms with E-state index in [1.807, 2.05) is 6.07 Å². The normalized spacial score (nSPS) is 15.9. The number of nitrogens with zero attached hydrogens (tertiary/aromatic N) is 3. The molecule has 1 unspecified atom stereocenters. The lowest BCUT2D eigenvalue weighted by molar-refractivity contribution is 0.0614. The number of fused-ring (bicyclic) bond motifs is 1. The number of rotatable bonds is 2. The van der Waals surface area contributed by atoms with Crippen molar-refractivity contribution >= 4 is 11.8 Å². The predicted molar refractivity (Wildman–Crippen MR) is 54.4 cm³/mol.